The molecule has 0 unspecified atom stereocenters. The van der Waals surface area contributed by atoms with Crippen LogP contribution in [-0.4, -0.2) is 47.0 Å². The Kier molecular flexibility index (Phi) is 11.4. The molecule has 0 aliphatic heterocycles. The highest BCUT2D eigenvalue weighted by atomic mass is 16.5. The standard InChI is InChI=1S/C38H39N3O6/c1-27(2)24-41(22-21-35(42)45-25-29-11-5-3-6-12-29)38(44)40-33(37(43)46-26-30-13-7-4-8-14-30)23-28-17-19-31(20-18-28)36-39-32-15-9-10-16-34(32)47-36/h3-20,27,33H,21-26H2,1-2H3,(H,40,44)/t33-/m0/s1. The fourth-order valence-corrected chi connectivity index (χ4v) is 5.03. The number of nitrogens with zero attached hydrogens (tertiary/aromatic N) is 2. The first-order chi connectivity index (χ1) is 22.8. The van der Waals surface area contributed by atoms with Gasteiger partial charge < -0.3 is 24.1 Å². The number of oxazole rings is 1. The molecular weight excluding hydrogens is 594 g/mol. The third-order valence-corrected chi connectivity index (χ3v) is 7.44. The summed E-state index contributed by atoms with van der Waals surface area (Å²) >= 11 is 0. The van der Waals surface area contributed by atoms with Crippen LogP contribution >= 0.6 is 0 Å². The normalized spacial score (nSPS) is 11.6. The van der Waals surface area contributed by atoms with Crippen molar-refractivity contribution in [3.05, 3.63) is 126 Å². The van der Waals surface area contributed by atoms with E-state index in [4.69, 9.17) is 13.9 Å². The molecule has 0 bridgehead atoms. The lowest BCUT2D eigenvalue weighted by Gasteiger charge is -2.27. The highest BCUT2D eigenvalue weighted by Crippen LogP contribution is 2.24. The SMILES string of the molecule is CC(C)CN(CCC(=O)OCc1ccccc1)C(=O)N[C@@H](Cc1ccc(-c2nc3ccccc3o2)cc1)C(=O)OCc1ccccc1. The van der Waals surface area contributed by atoms with E-state index in [2.05, 4.69) is 10.3 Å². The van der Waals surface area contributed by atoms with Crippen molar-refractivity contribution in [1.29, 1.82) is 0 Å². The number of amides is 2. The Morgan fingerprint density at radius 3 is 2.02 bits per heavy atom. The Balaban J connectivity index is 1.26. The summed E-state index contributed by atoms with van der Waals surface area (Å²) in [5.74, 6) is -0.342. The average Bonchev–Trinajstić information content (AvgIpc) is 3.53. The summed E-state index contributed by atoms with van der Waals surface area (Å²) in [6, 6.07) is 32.4. The molecule has 9 heteroatoms. The van der Waals surface area contributed by atoms with Gasteiger partial charge in [0.05, 0.1) is 6.42 Å². The smallest absolute Gasteiger partial charge is 0.329 e. The van der Waals surface area contributed by atoms with Gasteiger partial charge in [0.2, 0.25) is 5.89 Å². The predicted octanol–water partition coefficient (Wildman–Crippen LogP) is 6.95. The zero-order chi connectivity index (χ0) is 33.0. The number of carbonyl (C=O) groups is 3. The zero-order valence-corrected chi connectivity index (χ0v) is 26.6. The number of ether oxygens (including phenoxy) is 2. The maximum atomic E-state index is 13.6. The van der Waals surface area contributed by atoms with E-state index in [1.165, 1.54) is 0 Å². The van der Waals surface area contributed by atoms with E-state index in [1.807, 2.05) is 123 Å². The number of para-hydroxylation sites is 2. The van der Waals surface area contributed by atoms with Gasteiger partial charge in [0.1, 0.15) is 24.8 Å². The van der Waals surface area contributed by atoms with E-state index >= 15 is 0 Å². The molecule has 242 valence electrons. The second-order valence-corrected chi connectivity index (χ2v) is 11.7. The fraction of sp³-hybridized carbons (Fsp3) is 0.263. The molecule has 1 atom stereocenters. The molecular formula is C38H39N3O6. The summed E-state index contributed by atoms with van der Waals surface area (Å²) < 4.78 is 17.0. The summed E-state index contributed by atoms with van der Waals surface area (Å²) in [5.41, 5.74) is 4.79. The van der Waals surface area contributed by atoms with E-state index in [9.17, 15) is 14.4 Å². The van der Waals surface area contributed by atoms with E-state index in [-0.39, 0.29) is 38.5 Å². The van der Waals surface area contributed by atoms with Crippen LogP contribution in [0.3, 0.4) is 0 Å². The molecule has 1 heterocycles. The quantitative estimate of drug-likeness (QED) is 0.132. The number of hydrogen-bond donors (Lipinski definition) is 1. The highest BCUT2D eigenvalue weighted by Gasteiger charge is 2.26. The number of aromatic nitrogens is 1. The molecule has 0 fully saturated rings. The minimum Gasteiger partial charge on any atom is -0.461 e. The second-order valence-electron chi connectivity index (χ2n) is 11.7. The van der Waals surface area contributed by atoms with E-state index < -0.39 is 24.0 Å². The summed E-state index contributed by atoms with van der Waals surface area (Å²) in [7, 11) is 0. The van der Waals surface area contributed by atoms with Crippen LogP contribution in [0.4, 0.5) is 4.79 Å². The molecule has 5 rings (SSSR count). The fourth-order valence-electron chi connectivity index (χ4n) is 5.03. The predicted molar refractivity (Wildman–Crippen MR) is 179 cm³/mol. The molecule has 5 aromatic rings. The molecule has 47 heavy (non-hydrogen) atoms. The molecule has 0 aliphatic rings. The molecule has 0 spiro atoms. The number of nitrogens with one attached hydrogen (secondary N) is 1. The number of rotatable bonds is 14. The Bertz CT molecular complexity index is 1720. The lowest BCUT2D eigenvalue weighted by molar-refractivity contribution is -0.147. The molecule has 0 saturated carbocycles. The van der Waals surface area contributed by atoms with Crippen molar-refractivity contribution in [2.45, 2.75) is 45.9 Å². The maximum Gasteiger partial charge on any atom is 0.329 e. The highest BCUT2D eigenvalue weighted by molar-refractivity contribution is 5.84. The van der Waals surface area contributed by atoms with E-state index in [0.29, 0.717) is 18.0 Å². The summed E-state index contributed by atoms with van der Waals surface area (Å²) in [5, 5.41) is 2.88. The van der Waals surface area contributed by atoms with Crippen molar-refractivity contribution < 1.29 is 28.3 Å². The van der Waals surface area contributed by atoms with Gasteiger partial charge in [-0.05, 0) is 46.9 Å². The lowest BCUT2D eigenvalue weighted by Crippen LogP contribution is -2.50. The number of esters is 2. The van der Waals surface area contributed by atoms with Gasteiger partial charge in [0.15, 0.2) is 5.58 Å². The number of hydrogen-bond acceptors (Lipinski definition) is 7. The van der Waals surface area contributed by atoms with Crippen molar-refractivity contribution >= 4 is 29.1 Å². The third-order valence-electron chi connectivity index (χ3n) is 7.44. The molecule has 0 radical (unpaired) electrons. The van der Waals surface area contributed by atoms with Gasteiger partial charge in [-0.2, -0.15) is 0 Å². The second kappa shape index (κ2) is 16.2. The number of benzene rings is 4. The first-order valence-electron chi connectivity index (χ1n) is 15.7. The van der Waals surface area contributed by atoms with Gasteiger partial charge in [-0.25, -0.2) is 14.6 Å². The van der Waals surface area contributed by atoms with Crippen molar-refractivity contribution in [1.82, 2.24) is 15.2 Å². The molecule has 4 aromatic carbocycles. The van der Waals surface area contributed by atoms with Crippen LogP contribution in [0.2, 0.25) is 0 Å². The average molecular weight is 634 g/mol. The Labute approximate surface area is 274 Å². The van der Waals surface area contributed by atoms with Crippen molar-refractivity contribution in [2.75, 3.05) is 13.1 Å². The van der Waals surface area contributed by atoms with Crippen LogP contribution in [-0.2, 0) is 38.7 Å². The monoisotopic (exact) mass is 633 g/mol. The van der Waals surface area contributed by atoms with Crippen LogP contribution in [0.5, 0.6) is 0 Å². The van der Waals surface area contributed by atoms with Crippen molar-refractivity contribution in [3.8, 4) is 11.5 Å². The van der Waals surface area contributed by atoms with Crippen molar-refractivity contribution in [3.63, 3.8) is 0 Å². The van der Waals surface area contributed by atoms with E-state index in [1.54, 1.807) is 4.90 Å². The number of carbonyl (C=O) groups excluding carboxylic acids is 3. The van der Waals surface area contributed by atoms with Crippen LogP contribution in [0.25, 0.3) is 22.6 Å². The van der Waals surface area contributed by atoms with Crippen LogP contribution in [0.1, 0.15) is 37.0 Å². The first kappa shape index (κ1) is 32.9. The Hall–Kier alpha value is -5.44. The van der Waals surface area contributed by atoms with Gasteiger partial charge in [0.25, 0.3) is 0 Å². The summed E-state index contributed by atoms with van der Waals surface area (Å²) in [6.07, 6.45) is 0.217. The van der Waals surface area contributed by atoms with Gasteiger partial charge >= 0.3 is 18.0 Å². The first-order valence-corrected chi connectivity index (χ1v) is 15.7. The summed E-state index contributed by atoms with van der Waals surface area (Å²) in [6.45, 7) is 4.74. The van der Waals surface area contributed by atoms with Crippen molar-refractivity contribution in [2.24, 2.45) is 5.92 Å². The molecule has 1 aromatic heterocycles. The molecule has 2 amide bonds. The minimum absolute atomic E-state index is 0.0212. The van der Waals surface area contributed by atoms with Crippen LogP contribution < -0.4 is 5.32 Å². The minimum atomic E-state index is -0.971. The van der Waals surface area contributed by atoms with Gasteiger partial charge in [0, 0.05) is 25.1 Å². The molecule has 0 saturated heterocycles. The maximum absolute atomic E-state index is 13.6. The topological polar surface area (TPSA) is 111 Å². The Morgan fingerprint density at radius 1 is 0.766 bits per heavy atom. The van der Waals surface area contributed by atoms with Gasteiger partial charge in [-0.15, -0.1) is 0 Å². The largest absolute Gasteiger partial charge is 0.461 e. The zero-order valence-electron chi connectivity index (χ0n) is 26.6. The van der Waals surface area contributed by atoms with Gasteiger partial charge in [-0.1, -0.05) is 98.8 Å². The number of fused-ring (bicyclic) bond motifs is 1. The van der Waals surface area contributed by atoms with Crippen LogP contribution in [0.15, 0.2) is 114 Å². The molecule has 1 N–H and O–H groups in total. The lowest BCUT2D eigenvalue weighted by atomic mass is 10.0. The Morgan fingerprint density at radius 2 is 1.38 bits per heavy atom. The number of urea groups is 1. The van der Waals surface area contributed by atoms with Crippen LogP contribution in [0, 0.1) is 5.92 Å². The summed E-state index contributed by atoms with van der Waals surface area (Å²) in [4.78, 5) is 45.7. The van der Waals surface area contributed by atoms with Gasteiger partial charge in [-0.3, -0.25) is 4.79 Å². The third kappa shape index (κ3) is 9.77. The molecule has 0 aliphatic carbocycles. The molecule has 9 nitrogen and oxygen atoms in total. The van der Waals surface area contributed by atoms with E-state index in [0.717, 1.165) is 27.8 Å².